The Bertz CT molecular complexity index is 582. The van der Waals surface area contributed by atoms with Gasteiger partial charge in [-0.05, 0) is 39.3 Å². The molecule has 0 saturated carbocycles. The fourth-order valence-corrected chi connectivity index (χ4v) is 3.72. The maximum atomic E-state index is 5.71. The number of rotatable bonds is 5. The van der Waals surface area contributed by atoms with Gasteiger partial charge in [-0.25, -0.2) is 0 Å². The van der Waals surface area contributed by atoms with Gasteiger partial charge in [0.05, 0.1) is 10.7 Å². The lowest BCUT2D eigenvalue weighted by molar-refractivity contribution is 0.688. The smallest absolute Gasteiger partial charge is 0.0975 e. The molecule has 2 rings (SSSR count). The molecule has 0 saturated heterocycles. The van der Waals surface area contributed by atoms with E-state index in [4.69, 9.17) is 5.73 Å². The Hall–Kier alpha value is -1.26. The van der Waals surface area contributed by atoms with Crippen LogP contribution in [0.25, 0.3) is 0 Å². The molecule has 0 bridgehead atoms. The molecule has 0 amide bonds. The normalized spacial score (nSPS) is 11.1. The summed E-state index contributed by atoms with van der Waals surface area (Å²) in [7, 11) is 2.01. The number of hydrogen-bond donors (Lipinski definition) is 1. The Morgan fingerprint density at radius 2 is 1.80 bits per heavy atom. The highest BCUT2D eigenvalue weighted by molar-refractivity contribution is 7.98. The first kappa shape index (κ1) is 15.1. The molecule has 3 nitrogen and oxygen atoms in total. The molecular weight excluding hydrogens is 266 g/mol. The molecule has 0 radical (unpaired) electrons. The lowest BCUT2D eigenvalue weighted by atomic mass is 10.1. The summed E-state index contributed by atoms with van der Waals surface area (Å²) in [5, 5.41) is 5.76. The number of aromatic nitrogens is 2. The van der Waals surface area contributed by atoms with Crippen molar-refractivity contribution in [2.45, 2.75) is 38.0 Å². The highest BCUT2D eigenvalue weighted by Crippen LogP contribution is 2.28. The van der Waals surface area contributed by atoms with E-state index in [0.29, 0.717) is 6.54 Å². The topological polar surface area (TPSA) is 43.8 Å². The van der Waals surface area contributed by atoms with Crippen LogP contribution in [-0.2, 0) is 19.2 Å². The summed E-state index contributed by atoms with van der Waals surface area (Å²) in [6.45, 7) is 7.03. The van der Waals surface area contributed by atoms with Gasteiger partial charge in [0.1, 0.15) is 0 Å². The van der Waals surface area contributed by atoms with Gasteiger partial charge in [0.25, 0.3) is 0 Å². The summed E-state index contributed by atoms with van der Waals surface area (Å²) in [6, 6.07) is 6.72. The first-order chi connectivity index (χ1) is 9.51. The molecule has 20 heavy (non-hydrogen) atoms. The summed E-state index contributed by atoms with van der Waals surface area (Å²) in [5.41, 5.74) is 12.1. The molecule has 4 heteroatoms. The highest BCUT2D eigenvalue weighted by atomic mass is 32.2. The standard InChI is InChI=1S/C16H23N3S/c1-11-7-12(2)9-14(8-11)10-20-16-15(5-6-17)13(3)18-19(16)4/h7-9H,5-6,10,17H2,1-4H3. The summed E-state index contributed by atoms with van der Waals surface area (Å²) >= 11 is 1.85. The van der Waals surface area contributed by atoms with E-state index in [2.05, 4.69) is 44.1 Å². The number of nitrogens with two attached hydrogens (primary N) is 1. The van der Waals surface area contributed by atoms with Crippen molar-refractivity contribution >= 4 is 11.8 Å². The lowest BCUT2D eigenvalue weighted by Gasteiger charge is -2.07. The van der Waals surface area contributed by atoms with Crippen LogP contribution in [0.3, 0.4) is 0 Å². The minimum Gasteiger partial charge on any atom is -0.330 e. The molecule has 0 atom stereocenters. The second-order valence-electron chi connectivity index (χ2n) is 5.32. The average molecular weight is 289 g/mol. The van der Waals surface area contributed by atoms with Gasteiger partial charge in [-0.1, -0.05) is 29.3 Å². The quantitative estimate of drug-likeness (QED) is 0.860. The van der Waals surface area contributed by atoms with Gasteiger partial charge in [0.2, 0.25) is 0 Å². The zero-order valence-corrected chi connectivity index (χ0v) is 13.5. The van der Waals surface area contributed by atoms with Crippen molar-refractivity contribution in [3.63, 3.8) is 0 Å². The molecule has 0 aliphatic heterocycles. The van der Waals surface area contributed by atoms with Gasteiger partial charge in [-0.15, -0.1) is 11.8 Å². The van der Waals surface area contributed by atoms with Crippen LogP contribution in [0, 0.1) is 20.8 Å². The summed E-state index contributed by atoms with van der Waals surface area (Å²) in [6.07, 6.45) is 0.898. The fraction of sp³-hybridized carbons (Fsp3) is 0.438. The van der Waals surface area contributed by atoms with E-state index >= 15 is 0 Å². The highest BCUT2D eigenvalue weighted by Gasteiger charge is 2.13. The fourth-order valence-electron chi connectivity index (χ4n) is 2.60. The van der Waals surface area contributed by atoms with Crippen LogP contribution in [0.4, 0.5) is 0 Å². The Kier molecular flexibility index (Phi) is 4.89. The van der Waals surface area contributed by atoms with Crippen molar-refractivity contribution in [1.82, 2.24) is 9.78 Å². The van der Waals surface area contributed by atoms with Crippen LogP contribution in [0.15, 0.2) is 23.2 Å². The Morgan fingerprint density at radius 3 is 2.40 bits per heavy atom. The van der Waals surface area contributed by atoms with Gasteiger partial charge in [-0.3, -0.25) is 4.68 Å². The first-order valence-corrected chi connectivity index (χ1v) is 7.92. The van der Waals surface area contributed by atoms with E-state index in [1.165, 1.54) is 27.3 Å². The third kappa shape index (κ3) is 3.44. The van der Waals surface area contributed by atoms with E-state index in [9.17, 15) is 0 Å². The van der Waals surface area contributed by atoms with Crippen LogP contribution in [0.5, 0.6) is 0 Å². The SMILES string of the molecule is Cc1cc(C)cc(CSc2c(CCN)c(C)nn2C)c1. The van der Waals surface area contributed by atoms with Crippen LogP contribution in [-0.4, -0.2) is 16.3 Å². The minimum atomic E-state index is 0.670. The van der Waals surface area contributed by atoms with E-state index in [-0.39, 0.29) is 0 Å². The average Bonchev–Trinajstić information content (AvgIpc) is 2.61. The second kappa shape index (κ2) is 6.46. The largest absolute Gasteiger partial charge is 0.330 e. The van der Waals surface area contributed by atoms with E-state index in [1.807, 2.05) is 23.5 Å². The number of nitrogens with zero attached hydrogens (tertiary/aromatic N) is 2. The molecule has 1 aromatic heterocycles. The van der Waals surface area contributed by atoms with Crippen LogP contribution >= 0.6 is 11.8 Å². The predicted octanol–water partition coefficient (Wildman–Crippen LogP) is 3.14. The van der Waals surface area contributed by atoms with Crippen molar-refractivity contribution in [1.29, 1.82) is 0 Å². The minimum absolute atomic E-state index is 0.670. The van der Waals surface area contributed by atoms with Gasteiger partial charge >= 0.3 is 0 Å². The Balaban J connectivity index is 2.18. The van der Waals surface area contributed by atoms with Crippen molar-refractivity contribution in [3.05, 3.63) is 46.1 Å². The Morgan fingerprint density at radius 1 is 1.15 bits per heavy atom. The number of benzene rings is 1. The third-order valence-corrected chi connectivity index (χ3v) is 4.60. The number of thioether (sulfide) groups is 1. The number of hydrogen-bond acceptors (Lipinski definition) is 3. The molecule has 1 heterocycles. The predicted molar refractivity (Wildman–Crippen MR) is 86.2 cm³/mol. The van der Waals surface area contributed by atoms with Crippen molar-refractivity contribution in [2.75, 3.05) is 6.54 Å². The summed E-state index contributed by atoms with van der Waals surface area (Å²) < 4.78 is 1.98. The molecule has 0 aliphatic carbocycles. The zero-order valence-electron chi connectivity index (χ0n) is 12.7. The summed E-state index contributed by atoms with van der Waals surface area (Å²) in [5.74, 6) is 0.971. The maximum Gasteiger partial charge on any atom is 0.0975 e. The summed E-state index contributed by atoms with van der Waals surface area (Å²) in [4.78, 5) is 0. The van der Waals surface area contributed by atoms with E-state index in [0.717, 1.165) is 17.9 Å². The van der Waals surface area contributed by atoms with Gasteiger partial charge in [0.15, 0.2) is 0 Å². The second-order valence-corrected chi connectivity index (χ2v) is 6.28. The molecule has 0 spiro atoms. The Labute approximate surface area is 125 Å². The van der Waals surface area contributed by atoms with Crippen molar-refractivity contribution in [2.24, 2.45) is 12.8 Å². The van der Waals surface area contributed by atoms with Crippen LogP contribution in [0.2, 0.25) is 0 Å². The molecule has 1 aromatic carbocycles. The molecule has 0 unspecified atom stereocenters. The molecule has 108 valence electrons. The monoisotopic (exact) mass is 289 g/mol. The van der Waals surface area contributed by atoms with Crippen molar-refractivity contribution in [3.8, 4) is 0 Å². The third-order valence-electron chi connectivity index (χ3n) is 3.34. The molecule has 2 aromatic rings. The molecule has 0 aliphatic rings. The van der Waals surface area contributed by atoms with Crippen LogP contribution in [0.1, 0.15) is 27.9 Å². The van der Waals surface area contributed by atoms with Gasteiger partial charge in [-0.2, -0.15) is 5.10 Å². The lowest BCUT2D eigenvalue weighted by Crippen LogP contribution is -2.04. The molecule has 0 fully saturated rings. The van der Waals surface area contributed by atoms with E-state index in [1.54, 1.807) is 0 Å². The van der Waals surface area contributed by atoms with Crippen LogP contribution < -0.4 is 5.73 Å². The van der Waals surface area contributed by atoms with Gasteiger partial charge in [0, 0.05) is 18.4 Å². The molecular formula is C16H23N3S. The molecule has 2 N–H and O–H groups in total. The first-order valence-electron chi connectivity index (χ1n) is 6.93. The maximum absolute atomic E-state index is 5.71. The van der Waals surface area contributed by atoms with Gasteiger partial charge < -0.3 is 5.73 Å². The van der Waals surface area contributed by atoms with E-state index < -0.39 is 0 Å². The number of aryl methyl sites for hydroxylation is 4. The zero-order chi connectivity index (χ0) is 14.7. The van der Waals surface area contributed by atoms with Crippen molar-refractivity contribution < 1.29 is 0 Å².